The first-order valence-corrected chi connectivity index (χ1v) is 14.9. The molecule has 1 aromatic rings. The monoisotopic (exact) mass is 626 g/mol. The Bertz CT molecular complexity index is 1210. The maximum absolute atomic E-state index is 12.9. The molecule has 0 saturated carbocycles. The molecule has 3 rings (SSSR count). The molecule has 0 bridgehead atoms. The van der Waals surface area contributed by atoms with Crippen LogP contribution in [0.3, 0.4) is 0 Å². The predicted octanol–water partition coefficient (Wildman–Crippen LogP) is 3.64. The van der Waals surface area contributed by atoms with E-state index in [9.17, 15) is 36.3 Å². The fourth-order valence-electron chi connectivity index (χ4n) is 5.22. The highest BCUT2D eigenvalue weighted by molar-refractivity contribution is 7.88. The van der Waals surface area contributed by atoms with Crippen LogP contribution in [0.5, 0.6) is 5.75 Å². The lowest BCUT2D eigenvalue weighted by atomic mass is 9.82. The number of carbonyl (C=O) groups is 2. The van der Waals surface area contributed by atoms with Crippen LogP contribution in [0, 0.1) is 17.8 Å². The first-order valence-electron chi connectivity index (χ1n) is 13.5. The molecule has 2 saturated heterocycles. The second-order valence-electron chi connectivity index (χ2n) is 10.6. The van der Waals surface area contributed by atoms with Crippen molar-refractivity contribution in [1.29, 1.82) is 0 Å². The Kier molecular flexibility index (Phi) is 10.9. The van der Waals surface area contributed by atoms with Crippen LogP contribution in [0.1, 0.15) is 59.6 Å². The predicted molar refractivity (Wildman–Crippen MR) is 139 cm³/mol. The molecule has 11 nitrogen and oxygen atoms in total. The Hall–Kier alpha value is -2.46. The van der Waals surface area contributed by atoms with Gasteiger partial charge in [-0.3, -0.25) is 9.59 Å². The van der Waals surface area contributed by atoms with E-state index in [1.165, 1.54) is 26.0 Å². The third-order valence-corrected chi connectivity index (χ3v) is 8.69. The van der Waals surface area contributed by atoms with Crippen molar-refractivity contribution >= 4 is 22.1 Å². The number of rotatable bonds is 9. The van der Waals surface area contributed by atoms with E-state index in [0.717, 1.165) is 12.1 Å². The highest BCUT2D eigenvalue weighted by Gasteiger charge is 2.51. The molecule has 0 unspecified atom stereocenters. The molecule has 15 heteroatoms. The van der Waals surface area contributed by atoms with Crippen LogP contribution in [0.2, 0.25) is 0 Å². The minimum absolute atomic E-state index is 0.0106. The van der Waals surface area contributed by atoms with Crippen LogP contribution in [0.25, 0.3) is 0 Å². The van der Waals surface area contributed by atoms with Gasteiger partial charge in [0, 0.05) is 25.7 Å². The zero-order valence-electron chi connectivity index (χ0n) is 24.1. The van der Waals surface area contributed by atoms with Crippen molar-refractivity contribution in [3.8, 4) is 5.75 Å². The van der Waals surface area contributed by atoms with Gasteiger partial charge in [-0.1, -0.05) is 39.8 Å². The van der Waals surface area contributed by atoms with Crippen molar-refractivity contribution in [1.82, 2.24) is 0 Å². The molecule has 2 heterocycles. The van der Waals surface area contributed by atoms with Gasteiger partial charge in [-0.05, 0) is 30.0 Å². The van der Waals surface area contributed by atoms with E-state index in [1.54, 1.807) is 6.92 Å². The molecule has 2 aliphatic heterocycles. The molecule has 0 aromatic heterocycles. The zero-order valence-corrected chi connectivity index (χ0v) is 24.9. The Morgan fingerprint density at radius 2 is 1.64 bits per heavy atom. The first-order chi connectivity index (χ1) is 19.5. The minimum atomic E-state index is -5.96. The Morgan fingerprint density at radius 1 is 0.976 bits per heavy atom. The number of aliphatic hydroxyl groups excluding tert-OH is 1. The SMILES string of the molecule is CC[C@H]1O[C@H](O[C@H]2[C@H](C)[C@@H](COC(C)=O)O[C@H](c3cccc(OS(=O)(=O)C(F)(F)F)c3)[C@H]2O)[C@@H](OC(C)=O)[C@@H](C)[C@@H]1C. The van der Waals surface area contributed by atoms with Crippen molar-refractivity contribution in [3.63, 3.8) is 0 Å². The van der Waals surface area contributed by atoms with Gasteiger partial charge in [-0.2, -0.15) is 21.6 Å². The summed E-state index contributed by atoms with van der Waals surface area (Å²) in [5, 5.41) is 11.5. The Labute approximate surface area is 242 Å². The summed E-state index contributed by atoms with van der Waals surface area (Å²) in [7, 11) is -5.96. The fourth-order valence-corrected chi connectivity index (χ4v) is 5.67. The summed E-state index contributed by atoms with van der Waals surface area (Å²) in [5.41, 5.74) is -5.59. The van der Waals surface area contributed by atoms with Gasteiger partial charge in [0.05, 0.1) is 18.3 Å². The molecule has 10 atom stereocenters. The van der Waals surface area contributed by atoms with Gasteiger partial charge in [0.1, 0.15) is 24.6 Å². The molecule has 0 amide bonds. The quantitative estimate of drug-likeness (QED) is 0.244. The topological polar surface area (TPSA) is 144 Å². The molecule has 42 heavy (non-hydrogen) atoms. The van der Waals surface area contributed by atoms with Crippen LogP contribution in [0.15, 0.2) is 24.3 Å². The molecule has 0 aliphatic carbocycles. The first kappa shape index (κ1) is 34.0. The third-order valence-electron chi connectivity index (χ3n) is 7.71. The van der Waals surface area contributed by atoms with Crippen molar-refractivity contribution in [2.24, 2.45) is 17.8 Å². The van der Waals surface area contributed by atoms with E-state index >= 15 is 0 Å². The van der Waals surface area contributed by atoms with E-state index < -0.39 is 76.0 Å². The van der Waals surface area contributed by atoms with Gasteiger partial charge in [0.2, 0.25) is 0 Å². The molecule has 2 aliphatic rings. The Balaban J connectivity index is 1.97. The number of aliphatic hydroxyl groups is 1. The van der Waals surface area contributed by atoms with Crippen molar-refractivity contribution < 1.29 is 64.2 Å². The molecule has 1 aromatic carbocycles. The summed E-state index contributed by atoms with van der Waals surface area (Å²) in [6.07, 6.45) is -6.23. The van der Waals surface area contributed by atoms with E-state index in [4.69, 9.17) is 23.7 Å². The average Bonchev–Trinajstić information content (AvgIpc) is 2.88. The summed E-state index contributed by atoms with van der Waals surface area (Å²) >= 11 is 0. The smallest absolute Gasteiger partial charge is 0.463 e. The van der Waals surface area contributed by atoms with Gasteiger partial charge >= 0.3 is 27.6 Å². The molecule has 238 valence electrons. The maximum atomic E-state index is 12.9. The number of halogens is 3. The molecule has 0 radical (unpaired) electrons. The lowest BCUT2D eigenvalue weighted by Gasteiger charge is -2.48. The van der Waals surface area contributed by atoms with E-state index in [2.05, 4.69) is 4.18 Å². The van der Waals surface area contributed by atoms with Gasteiger partial charge in [0.25, 0.3) is 0 Å². The number of ether oxygens (including phenoxy) is 5. The molecular weight excluding hydrogens is 589 g/mol. The third kappa shape index (κ3) is 7.73. The second kappa shape index (κ2) is 13.5. The summed E-state index contributed by atoms with van der Waals surface area (Å²) in [6, 6.07) is 4.62. The summed E-state index contributed by atoms with van der Waals surface area (Å²) < 4.78 is 95.3. The van der Waals surface area contributed by atoms with Crippen LogP contribution >= 0.6 is 0 Å². The number of alkyl halides is 3. The summed E-state index contributed by atoms with van der Waals surface area (Å²) in [6.45, 7) is 9.69. The van der Waals surface area contributed by atoms with Gasteiger partial charge < -0.3 is 33.0 Å². The van der Waals surface area contributed by atoms with Gasteiger partial charge in [-0.15, -0.1) is 0 Å². The van der Waals surface area contributed by atoms with Crippen LogP contribution in [-0.4, -0.2) is 74.4 Å². The van der Waals surface area contributed by atoms with Gasteiger partial charge in [-0.25, -0.2) is 0 Å². The molecular formula is C27H37F3O11S. The van der Waals surface area contributed by atoms with Crippen molar-refractivity contribution in [2.75, 3.05) is 6.61 Å². The summed E-state index contributed by atoms with van der Waals surface area (Å²) in [5.74, 6) is -2.61. The highest BCUT2D eigenvalue weighted by Crippen LogP contribution is 2.41. The normalized spacial score (nSPS) is 34.0. The van der Waals surface area contributed by atoms with E-state index in [1.807, 2.05) is 20.8 Å². The summed E-state index contributed by atoms with van der Waals surface area (Å²) in [4.78, 5) is 23.5. The largest absolute Gasteiger partial charge is 0.534 e. The molecule has 1 N–H and O–H groups in total. The lowest BCUT2D eigenvalue weighted by molar-refractivity contribution is -0.321. The highest BCUT2D eigenvalue weighted by atomic mass is 32.2. The molecule has 2 fully saturated rings. The lowest BCUT2D eigenvalue weighted by Crippen LogP contribution is -2.58. The van der Waals surface area contributed by atoms with Gasteiger partial charge in [0.15, 0.2) is 12.4 Å². The molecule has 0 spiro atoms. The second-order valence-corrected chi connectivity index (χ2v) is 12.2. The minimum Gasteiger partial charge on any atom is -0.463 e. The van der Waals surface area contributed by atoms with Crippen molar-refractivity contribution in [2.45, 2.75) is 96.4 Å². The van der Waals surface area contributed by atoms with E-state index in [0.29, 0.717) is 6.42 Å². The number of hydrogen-bond donors (Lipinski definition) is 1. The maximum Gasteiger partial charge on any atom is 0.534 e. The van der Waals surface area contributed by atoms with Crippen LogP contribution in [-0.2, 0) is 43.4 Å². The standard InChI is InChI=1S/C27H37F3O11S/c1-7-20-13(2)14(3)24(37-17(6)32)26(39-20)40-23-15(4)21(12-36-16(5)31)38-25(22(23)33)18-9-8-10-19(11-18)41-42(34,35)27(28,29)30/h8-11,13-15,20-26,33H,7,12H2,1-6H3/t13-,14-,15+,20+,21+,22-,23-,24-,25+,26+/m0/s1. The number of esters is 2. The van der Waals surface area contributed by atoms with Crippen LogP contribution < -0.4 is 4.18 Å². The Morgan fingerprint density at radius 3 is 2.21 bits per heavy atom. The zero-order chi connectivity index (χ0) is 31.6. The fraction of sp³-hybridized carbons (Fsp3) is 0.704. The van der Waals surface area contributed by atoms with Crippen molar-refractivity contribution in [3.05, 3.63) is 29.8 Å². The number of hydrogen-bond acceptors (Lipinski definition) is 11. The number of benzene rings is 1. The van der Waals surface area contributed by atoms with E-state index in [-0.39, 0.29) is 30.1 Å². The van der Waals surface area contributed by atoms with Crippen LogP contribution in [0.4, 0.5) is 13.2 Å². The number of carbonyl (C=O) groups excluding carboxylic acids is 2. The average molecular weight is 627 g/mol.